The summed E-state index contributed by atoms with van der Waals surface area (Å²) in [7, 11) is -2.59. The number of hydrogen-bond acceptors (Lipinski definition) is 6. The van der Waals surface area contributed by atoms with E-state index in [1.165, 1.54) is 19.2 Å². The summed E-state index contributed by atoms with van der Waals surface area (Å²) < 4.78 is 67.9. The summed E-state index contributed by atoms with van der Waals surface area (Å²) in [6, 6.07) is 7.06. The molecule has 0 saturated carbocycles. The third-order valence-electron chi connectivity index (χ3n) is 2.46. The van der Waals surface area contributed by atoms with Gasteiger partial charge >= 0.3 is 5.51 Å². The summed E-state index contributed by atoms with van der Waals surface area (Å²) in [5, 5.41) is 7.21. The molecule has 2 aromatic rings. The fraction of sp³-hybridized carbons (Fsp3) is 0.167. The number of hydrogen-bond donors (Lipinski definition) is 1. The van der Waals surface area contributed by atoms with Crippen LogP contribution in [0.2, 0.25) is 0 Å². The van der Waals surface area contributed by atoms with Crippen molar-refractivity contribution in [2.45, 2.75) is 15.3 Å². The van der Waals surface area contributed by atoms with Gasteiger partial charge in [-0.2, -0.15) is 13.2 Å². The van der Waals surface area contributed by atoms with Gasteiger partial charge in [-0.15, -0.1) is 10.2 Å². The topological polar surface area (TPSA) is 81.2 Å². The van der Waals surface area contributed by atoms with Gasteiger partial charge < -0.3 is 4.74 Å². The molecule has 1 aromatic heterocycles. The standard InChI is InChI=1S/C12H10F3N3O3S2/c1-21-11-7-6-10(16-17-11)18-23(19,20)9-4-2-8(3-5-9)22-12(13,14)15/h2-7H,1H3,(H,16,18). The molecule has 0 aliphatic carbocycles. The molecule has 23 heavy (non-hydrogen) atoms. The number of nitrogens with zero attached hydrogens (tertiary/aromatic N) is 2. The van der Waals surface area contributed by atoms with Crippen molar-refractivity contribution in [2.75, 3.05) is 11.8 Å². The number of anilines is 1. The number of nitrogens with one attached hydrogen (secondary N) is 1. The van der Waals surface area contributed by atoms with Gasteiger partial charge in [0.1, 0.15) is 0 Å². The van der Waals surface area contributed by atoms with Gasteiger partial charge in [0.15, 0.2) is 5.82 Å². The van der Waals surface area contributed by atoms with Gasteiger partial charge in [-0.25, -0.2) is 8.42 Å². The Morgan fingerprint density at radius 3 is 2.22 bits per heavy atom. The zero-order valence-electron chi connectivity index (χ0n) is 11.5. The maximum atomic E-state index is 12.2. The Labute approximate surface area is 134 Å². The predicted molar refractivity (Wildman–Crippen MR) is 77.7 cm³/mol. The lowest BCUT2D eigenvalue weighted by Crippen LogP contribution is -2.14. The van der Waals surface area contributed by atoms with Gasteiger partial charge in [0, 0.05) is 11.0 Å². The van der Waals surface area contributed by atoms with Crippen LogP contribution >= 0.6 is 11.8 Å². The molecule has 0 bridgehead atoms. The molecular weight excluding hydrogens is 355 g/mol. The van der Waals surface area contributed by atoms with Crippen molar-refractivity contribution in [1.29, 1.82) is 0 Å². The van der Waals surface area contributed by atoms with E-state index in [0.29, 0.717) is 0 Å². The predicted octanol–water partition coefficient (Wildman–Crippen LogP) is 2.90. The first kappa shape index (κ1) is 17.3. The van der Waals surface area contributed by atoms with E-state index in [1.807, 2.05) is 0 Å². The maximum absolute atomic E-state index is 12.2. The summed E-state index contributed by atoms with van der Waals surface area (Å²) in [4.78, 5) is -0.303. The fourth-order valence-electron chi connectivity index (χ4n) is 1.50. The highest BCUT2D eigenvalue weighted by molar-refractivity contribution is 8.00. The van der Waals surface area contributed by atoms with Crippen molar-refractivity contribution in [3.8, 4) is 5.88 Å². The normalized spacial score (nSPS) is 12.0. The summed E-state index contributed by atoms with van der Waals surface area (Å²) in [5.41, 5.74) is -4.43. The highest BCUT2D eigenvalue weighted by Crippen LogP contribution is 2.37. The quantitative estimate of drug-likeness (QED) is 0.821. The number of aromatic nitrogens is 2. The Hall–Kier alpha value is -2.01. The minimum Gasteiger partial charge on any atom is -0.480 e. The molecule has 0 spiro atoms. The van der Waals surface area contributed by atoms with E-state index in [-0.39, 0.29) is 33.3 Å². The summed E-state index contributed by atoms with van der Waals surface area (Å²) >= 11 is -0.323. The first-order valence-corrected chi connectivity index (χ1v) is 8.26. The van der Waals surface area contributed by atoms with Crippen LogP contribution in [0.15, 0.2) is 46.2 Å². The first-order chi connectivity index (χ1) is 10.7. The van der Waals surface area contributed by atoms with Crippen LogP contribution in [0.1, 0.15) is 0 Å². The number of sulfonamides is 1. The van der Waals surface area contributed by atoms with E-state index in [1.54, 1.807) is 0 Å². The van der Waals surface area contributed by atoms with Gasteiger partial charge in [-0.1, -0.05) is 0 Å². The SMILES string of the molecule is COc1ccc(NS(=O)(=O)c2ccc(SC(F)(F)F)cc2)nn1. The Balaban J connectivity index is 2.15. The number of benzene rings is 1. The molecule has 0 unspecified atom stereocenters. The average molecular weight is 365 g/mol. The molecule has 0 atom stereocenters. The minimum atomic E-state index is -4.43. The van der Waals surface area contributed by atoms with Crippen molar-refractivity contribution >= 4 is 27.6 Å². The Kier molecular flexibility index (Phi) is 5.00. The summed E-state index contributed by atoms with van der Waals surface area (Å²) in [6.07, 6.45) is 0. The Morgan fingerprint density at radius 2 is 1.74 bits per heavy atom. The molecule has 1 aromatic carbocycles. The lowest BCUT2D eigenvalue weighted by molar-refractivity contribution is -0.0328. The van der Waals surface area contributed by atoms with Crippen molar-refractivity contribution in [3.63, 3.8) is 0 Å². The number of alkyl halides is 3. The highest BCUT2D eigenvalue weighted by atomic mass is 32.2. The second-order valence-electron chi connectivity index (χ2n) is 4.09. The molecule has 2 rings (SSSR count). The van der Waals surface area contributed by atoms with Gasteiger partial charge in [0.05, 0.1) is 12.0 Å². The summed E-state index contributed by atoms with van der Waals surface area (Å²) in [5.74, 6) is 0.168. The number of methoxy groups -OCH3 is 1. The second-order valence-corrected chi connectivity index (χ2v) is 6.91. The van der Waals surface area contributed by atoms with Crippen LogP contribution in [0.25, 0.3) is 0 Å². The molecule has 0 aliphatic rings. The van der Waals surface area contributed by atoms with Crippen LogP contribution < -0.4 is 9.46 Å². The van der Waals surface area contributed by atoms with Crippen LogP contribution in [0.3, 0.4) is 0 Å². The van der Waals surface area contributed by atoms with E-state index in [9.17, 15) is 21.6 Å². The molecule has 1 N–H and O–H groups in total. The highest BCUT2D eigenvalue weighted by Gasteiger charge is 2.29. The van der Waals surface area contributed by atoms with Gasteiger partial charge in [0.25, 0.3) is 10.0 Å². The molecule has 0 amide bonds. The number of ether oxygens (including phenoxy) is 1. The largest absolute Gasteiger partial charge is 0.480 e. The molecule has 0 aliphatic heterocycles. The molecule has 11 heteroatoms. The third-order valence-corrected chi connectivity index (χ3v) is 4.57. The minimum absolute atomic E-state index is 0.0421. The van der Waals surface area contributed by atoms with Crippen molar-refractivity contribution in [1.82, 2.24) is 10.2 Å². The molecule has 0 radical (unpaired) electrons. The van der Waals surface area contributed by atoms with E-state index >= 15 is 0 Å². The van der Waals surface area contributed by atoms with Crippen molar-refractivity contribution in [2.24, 2.45) is 0 Å². The van der Waals surface area contributed by atoms with Crippen molar-refractivity contribution < 1.29 is 26.3 Å². The monoisotopic (exact) mass is 365 g/mol. The Bertz CT molecular complexity index is 763. The van der Waals surface area contributed by atoms with Gasteiger partial charge in [-0.05, 0) is 42.1 Å². The van der Waals surface area contributed by atoms with Crippen molar-refractivity contribution in [3.05, 3.63) is 36.4 Å². The molecule has 124 valence electrons. The smallest absolute Gasteiger partial charge is 0.446 e. The third kappa shape index (κ3) is 4.99. The van der Waals surface area contributed by atoms with Crippen LogP contribution in [-0.2, 0) is 10.0 Å². The lowest BCUT2D eigenvalue weighted by Gasteiger charge is -2.09. The first-order valence-electron chi connectivity index (χ1n) is 5.96. The van der Waals surface area contributed by atoms with E-state index < -0.39 is 15.5 Å². The fourth-order valence-corrected chi connectivity index (χ4v) is 3.04. The lowest BCUT2D eigenvalue weighted by atomic mass is 10.4. The zero-order chi connectivity index (χ0) is 17.1. The summed E-state index contributed by atoms with van der Waals surface area (Å²) in [6.45, 7) is 0. The van der Waals surface area contributed by atoms with E-state index in [4.69, 9.17) is 4.74 Å². The van der Waals surface area contributed by atoms with E-state index in [2.05, 4.69) is 14.9 Å². The zero-order valence-corrected chi connectivity index (χ0v) is 13.2. The number of thioether (sulfide) groups is 1. The molecule has 0 fully saturated rings. The molecular formula is C12H10F3N3O3S2. The average Bonchev–Trinajstić information content (AvgIpc) is 2.46. The maximum Gasteiger partial charge on any atom is 0.446 e. The number of rotatable bonds is 5. The number of halogens is 3. The van der Waals surface area contributed by atoms with Gasteiger partial charge in [0.2, 0.25) is 5.88 Å². The van der Waals surface area contributed by atoms with Crippen LogP contribution in [0.4, 0.5) is 19.0 Å². The molecule has 1 heterocycles. The van der Waals surface area contributed by atoms with Crippen LogP contribution in [0.5, 0.6) is 5.88 Å². The van der Waals surface area contributed by atoms with Gasteiger partial charge in [-0.3, -0.25) is 4.72 Å². The second kappa shape index (κ2) is 6.62. The molecule has 0 saturated heterocycles. The Morgan fingerprint density at radius 1 is 1.09 bits per heavy atom. The van der Waals surface area contributed by atoms with E-state index in [0.717, 1.165) is 24.3 Å². The van der Waals surface area contributed by atoms with Crippen LogP contribution in [0, 0.1) is 0 Å². The van der Waals surface area contributed by atoms with Crippen LogP contribution in [-0.4, -0.2) is 31.2 Å². The molecule has 6 nitrogen and oxygen atoms in total.